The molecule has 14 heteroatoms. The van der Waals surface area contributed by atoms with E-state index in [-0.39, 0.29) is 35.6 Å². The van der Waals surface area contributed by atoms with Crippen LogP contribution in [0.5, 0.6) is 0 Å². The molecule has 1 amide bonds. The number of aryl methyl sites for hydroxylation is 1. The van der Waals surface area contributed by atoms with Gasteiger partial charge < -0.3 is 39.3 Å². The Morgan fingerprint density at radius 3 is 2.66 bits per heavy atom. The zero-order chi connectivity index (χ0) is 38.7. The van der Waals surface area contributed by atoms with Gasteiger partial charge >= 0.3 is 0 Å². The Morgan fingerprint density at radius 1 is 1.05 bits per heavy atom. The molecule has 4 aromatic rings. The van der Waals surface area contributed by atoms with Crippen molar-refractivity contribution in [2.24, 2.45) is 12.5 Å². The number of anilines is 5. The average molecular weight is 764 g/mol. The van der Waals surface area contributed by atoms with Crippen LogP contribution in [-0.4, -0.2) is 94.3 Å². The number of hydrogen-bond acceptors (Lipinski definition) is 11. The van der Waals surface area contributed by atoms with E-state index in [2.05, 4.69) is 46.5 Å². The predicted octanol–water partition coefficient (Wildman–Crippen LogP) is 4.71. The summed E-state index contributed by atoms with van der Waals surface area (Å²) in [6.07, 6.45) is 7.81. The Hall–Kier alpha value is -4.76. The first-order chi connectivity index (χ1) is 27.0. The lowest BCUT2D eigenvalue weighted by atomic mass is 9.90. The molecule has 7 heterocycles. The Morgan fingerprint density at radius 2 is 1.91 bits per heavy atom. The molecule has 9 rings (SSSR count). The number of nitrogens with one attached hydrogen (secondary N) is 1. The van der Waals surface area contributed by atoms with Gasteiger partial charge in [0.25, 0.3) is 11.5 Å². The number of hydrogen-bond donors (Lipinski definition) is 2. The van der Waals surface area contributed by atoms with Crippen LogP contribution in [0.1, 0.15) is 67.3 Å². The molecule has 1 aromatic carbocycles. The molecular weight excluding hydrogens is 711 g/mol. The smallest absolute Gasteiger partial charge is 0.293 e. The molecule has 0 radical (unpaired) electrons. The van der Waals surface area contributed by atoms with Crippen LogP contribution in [0.3, 0.4) is 0 Å². The standard InChI is InChI=1S/C42H53N9O5/c1-26-21-48(29-23-54-24-29)12-13-49(26)34-9-8-28(18-32(34)43)45-38-41(53)47(4)22-33(46-38)30-10-11-44-39(31(30)25-56-37-7-5-6-16-55-37)51-15-14-50-35(40(51)52)17-27-19-42(2,3)20-36(27)50/h8-11,17-18,22,26,29,37H,5-7,12-16,19-21,23-25,43H2,1-4H3,(H,45,46)/t26-,37?/m0/s1. The van der Waals surface area contributed by atoms with Crippen LogP contribution < -0.4 is 26.4 Å². The van der Waals surface area contributed by atoms with Gasteiger partial charge in [0.05, 0.1) is 42.9 Å². The second kappa shape index (κ2) is 14.6. The lowest BCUT2D eigenvalue weighted by Crippen LogP contribution is -2.59. The van der Waals surface area contributed by atoms with Crippen molar-refractivity contribution in [1.29, 1.82) is 0 Å². The van der Waals surface area contributed by atoms with Crippen LogP contribution in [0.15, 0.2) is 47.5 Å². The molecule has 1 unspecified atom stereocenters. The van der Waals surface area contributed by atoms with E-state index in [4.69, 9.17) is 29.9 Å². The van der Waals surface area contributed by atoms with E-state index < -0.39 is 0 Å². The molecule has 4 aliphatic heterocycles. The van der Waals surface area contributed by atoms with Gasteiger partial charge in [-0.15, -0.1) is 0 Å². The number of ether oxygens (including phenoxy) is 3. The van der Waals surface area contributed by atoms with E-state index in [0.29, 0.717) is 65.9 Å². The minimum atomic E-state index is -0.353. The lowest BCUT2D eigenvalue weighted by molar-refractivity contribution is -0.168. The van der Waals surface area contributed by atoms with E-state index in [0.717, 1.165) is 76.2 Å². The van der Waals surface area contributed by atoms with Crippen molar-refractivity contribution < 1.29 is 19.0 Å². The number of rotatable bonds is 9. The molecule has 3 saturated heterocycles. The zero-order valence-electron chi connectivity index (χ0n) is 32.9. The van der Waals surface area contributed by atoms with Crippen molar-refractivity contribution in [3.8, 4) is 11.3 Å². The maximum absolute atomic E-state index is 14.3. The highest BCUT2D eigenvalue weighted by Gasteiger charge is 2.38. The second-order valence-electron chi connectivity index (χ2n) is 16.9. The van der Waals surface area contributed by atoms with E-state index in [1.165, 1.54) is 15.8 Å². The van der Waals surface area contributed by atoms with Gasteiger partial charge in [0.1, 0.15) is 11.5 Å². The quantitative estimate of drug-likeness (QED) is 0.229. The Bertz CT molecular complexity index is 2200. The molecule has 0 spiro atoms. The highest BCUT2D eigenvalue weighted by molar-refractivity contribution is 6.06. The number of benzene rings is 1. The van der Waals surface area contributed by atoms with E-state index in [9.17, 15) is 9.59 Å². The highest BCUT2D eigenvalue weighted by Crippen LogP contribution is 2.40. The summed E-state index contributed by atoms with van der Waals surface area (Å²) >= 11 is 0. The number of fused-ring (bicyclic) bond motifs is 3. The maximum Gasteiger partial charge on any atom is 0.293 e. The summed E-state index contributed by atoms with van der Waals surface area (Å²) < 4.78 is 21.5. The minimum absolute atomic E-state index is 0.0793. The molecule has 5 aliphatic rings. The average Bonchev–Trinajstić information content (AvgIpc) is 3.65. The van der Waals surface area contributed by atoms with Crippen molar-refractivity contribution in [3.63, 3.8) is 0 Å². The van der Waals surface area contributed by atoms with Gasteiger partial charge in [-0.3, -0.25) is 19.4 Å². The molecule has 0 saturated carbocycles. The Labute approximate surface area is 327 Å². The molecule has 1 aliphatic carbocycles. The zero-order valence-corrected chi connectivity index (χ0v) is 32.9. The lowest BCUT2D eigenvalue weighted by Gasteiger charge is -2.46. The number of nitrogens with two attached hydrogens (primary N) is 1. The van der Waals surface area contributed by atoms with Crippen LogP contribution in [0.4, 0.5) is 28.7 Å². The first-order valence-corrected chi connectivity index (χ1v) is 20.1. The van der Waals surface area contributed by atoms with Crippen molar-refractivity contribution in [2.75, 3.05) is 66.8 Å². The van der Waals surface area contributed by atoms with Gasteiger partial charge in [-0.25, -0.2) is 9.97 Å². The number of amides is 1. The van der Waals surface area contributed by atoms with Gasteiger partial charge in [-0.1, -0.05) is 13.8 Å². The number of nitrogen functional groups attached to an aromatic ring is 1. The predicted molar refractivity (Wildman–Crippen MR) is 216 cm³/mol. The van der Waals surface area contributed by atoms with Gasteiger partial charge in [0.15, 0.2) is 12.1 Å². The van der Waals surface area contributed by atoms with Crippen molar-refractivity contribution in [2.45, 2.75) is 84.4 Å². The summed E-state index contributed by atoms with van der Waals surface area (Å²) in [7, 11) is 1.71. The van der Waals surface area contributed by atoms with Gasteiger partial charge in [-0.2, -0.15) is 0 Å². The number of nitrogens with zero attached hydrogens (tertiary/aromatic N) is 7. The topological polar surface area (TPSA) is 145 Å². The Kier molecular flexibility index (Phi) is 9.63. The fourth-order valence-electron chi connectivity index (χ4n) is 9.19. The monoisotopic (exact) mass is 763 g/mol. The van der Waals surface area contributed by atoms with Crippen LogP contribution in [0.25, 0.3) is 11.3 Å². The third-order valence-electron chi connectivity index (χ3n) is 12.2. The van der Waals surface area contributed by atoms with Gasteiger partial charge in [0.2, 0.25) is 0 Å². The number of carbonyl (C=O) groups is 1. The normalized spacial score (nSPS) is 22.5. The van der Waals surface area contributed by atoms with Gasteiger partial charge in [-0.05, 0) is 80.3 Å². The molecule has 2 atom stereocenters. The summed E-state index contributed by atoms with van der Waals surface area (Å²) in [5, 5.41) is 3.27. The van der Waals surface area contributed by atoms with Crippen molar-refractivity contribution in [3.05, 3.63) is 75.6 Å². The minimum Gasteiger partial charge on any atom is -0.397 e. The molecule has 0 bridgehead atoms. The van der Waals surface area contributed by atoms with Crippen molar-refractivity contribution >= 4 is 34.6 Å². The van der Waals surface area contributed by atoms with Crippen molar-refractivity contribution in [1.82, 2.24) is 24.0 Å². The van der Waals surface area contributed by atoms with E-state index in [1.807, 2.05) is 24.3 Å². The first-order valence-electron chi connectivity index (χ1n) is 20.1. The molecule has 3 N–H and O–H groups in total. The SMILES string of the molecule is C[C@H]1CN(C2COC2)CCN1c1ccc(Nc2nc(-c3ccnc(N4CCn5c(cc6c5CC(C)(C)C6)C4=O)c3COC3CCCCO3)cn(C)c2=O)cc1N. The van der Waals surface area contributed by atoms with Crippen LogP contribution in [-0.2, 0) is 47.3 Å². The molecule has 296 valence electrons. The molecule has 3 fully saturated rings. The van der Waals surface area contributed by atoms with Crippen LogP contribution >= 0.6 is 0 Å². The molecule has 3 aromatic heterocycles. The maximum atomic E-state index is 14.3. The summed E-state index contributed by atoms with van der Waals surface area (Å²) in [5.74, 6) is 0.609. The summed E-state index contributed by atoms with van der Waals surface area (Å²) in [5.41, 5.74) is 14.1. The van der Waals surface area contributed by atoms with Gasteiger partial charge in [0, 0.05) is 87.3 Å². The molecular formula is C42H53N9O5. The Balaban J connectivity index is 1.01. The fourth-order valence-corrected chi connectivity index (χ4v) is 9.19. The fraction of sp³-hybridized carbons (Fsp3) is 0.524. The third-order valence-corrected chi connectivity index (χ3v) is 12.2. The number of piperazine rings is 1. The summed E-state index contributed by atoms with van der Waals surface area (Å²) in [6.45, 7) is 13.2. The third kappa shape index (κ3) is 6.86. The molecule has 56 heavy (non-hydrogen) atoms. The van der Waals surface area contributed by atoms with Crippen LogP contribution in [0.2, 0.25) is 0 Å². The summed E-state index contributed by atoms with van der Waals surface area (Å²) in [4.78, 5) is 44.2. The summed E-state index contributed by atoms with van der Waals surface area (Å²) in [6, 6.07) is 10.6. The number of carbonyl (C=O) groups excluding carboxylic acids is 1. The number of aromatic nitrogens is 4. The largest absolute Gasteiger partial charge is 0.397 e. The second-order valence-corrected chi connectivity index (χ2v) is 16.9. The van der Waals surface area contributed by atoms with E-state index >= 15 is 0 Å². The first kappa shape index (κ1) is 36.9. The van der Waals surface area contributed by atoms with E-state index in [1.54, 1.807) is 24.3 Å². The highest BCUT2D eigenvalue weighted by atomic mass is 16.7. The molecule has 14 nitrogen and oxygen atoms in total. The van der Waals surface area contributed by atoms with Crippen LogP contribution in [0, 0.1) is 5.41 Å². The number of pyridine rings is 1.